The van der Waals surface area contributed by atoms with Crippen LogP contribution in [0.4, 0.5) is 8.78 Å². The highest BCUT2D eigenvalue weighted by Crippen LogP contribution is 2.43. The molecule has 1 aliphatic carbocycles. The van der Waals surface area contributed by atoms with Gasteiger partial charge in [-0.15, -0.1) is 0 Å². The van der Waals surface area contributed by atoms with Crippen LogP contribution in [-0.2, 0) is 0 Å². The Hall–Kier alpha value is -1.00. The van der Waals surface area contributed by atoms with E-state index in [0.29, 0.717) is 11.5 Å². The quantitative estimate of drug-likeness (QED) is 0.917. The Kier molecular flexibility index (Phi) is 4.45. The van der Waals surface area contributed by atoms with Gasteiger partial charge in [0, 0.05) is 6.07 Å². The molecule has 0 radical (unpaired) electrons. The van der Waals surface area contributed by atoms with E-state index in [1.54, 1.807) is 0 Å². The average Bonchev–Trinajstić information content (AvgIpc) is 2.37. The van der Waals surface area contributed by atoms with Gasteiger partial charge in [-0.1, -0.05) is 6.92 Å². The lowest BCUT2D eigenvalue weighted by Crippen LogP contribution is -2.51. The molecule has 112 valence electrons. The number of halogens is 2. The first kappa shape index (κ1) is 15.4. The summed E-state index contributed by atoms with van der Waals surface area (Å²) < 4.78 is 26.8. The predicted octanol–water partition coefficient (Wildman–Crippen LogP) is 3.51. The fourth-order valence-corrected chi connectivity index (χ4v) is 3.27. The van der Waals surface area contributed by atoms with E-state index in [0.717, 1.165) is 31.7 Å². The first-order valence-electron chi connectivity index (χ1n) is 7.16. The third kappa shape index (κ3) is 2.86. The van der Waals surface area contributed by atoms with Crippen molar-refractivity contribution in [3.63, 3.8) is 0 Å². The Morgan fingerprint density at radius 3 is 2.10 bits per heavy atom. The van der Waals surface area contributed by atoms with Crippen LogP contribution in [0.3, 0.4) is 0 Å². The van der Waals surface area contributed by atoms with E-state index in [1.165, 1.54) is 12.1 Å². The molecule has 0 saturated heterocycles. The van der Waals surface area contributed by atoms with Gasteiger partial charge in [0.05, 0.1) is 11.6 Å². The number of benzene rings is 1. The third-order valence-corrected chi connectivity index (χ3v) is 4.74. The van der Waals surface area contributed by atoms with Crippen molar-refractivity contribution in [1.29, 1.82) is 0 Å². The molecular weight excluding hydrogens is 260 g/mol. The average molecular weight is 283 g/mol. The van der Waals surface area contributed by atoms with Crippen molar-refractivity contribution in [2.75, 3.05) is 14.1 Å². The monoisotopic (exact) mass is 283 g/mol. The molecule has 0 heterocycles. The lowest BCUT2D eigenvalue weighted by molar-refractivity contribution is -0.0410. The SMILES string of the molecule is CC1CCC(C(O)c2cc(F)cc(F)c2)(N(C)C)CC1. The van der Waals surface area contributed by atoms with Crippen LogP contribution in [0.5, 0.6) is 0 Å². The van der Waals surface area contributed by atoms with E-state index in [-0.39, 0.29) is 0 Å². The van der Waals surface area contributed by atoms with Crippen LogP contribution in [-0.4, -0.2) is 29.6 Å². The van der Waals surface area contributed by atoms with E-state index in [1.807, 2.05) is 19.0 Å². The summed E-state index contributed by atoms with van der Waals surface area (Å²) in [5, 5.41) is 10.7. The van der Waals surface area contributed by atoms with Gasteiger partial charge in [0.2, 0.25) is 0 Å². The Labute approximate surface area is 119 Å². The maximum Gasteiger partial charge on any atom is 0.126 e. The second-order valence-corrected chi connectivity index (χ2v) is 6.29. The molecule has 1 atom stereocenters. The summed E-state index contributed by atoms with van der Waals surface area (Å²) >= 11 is 0. The smallest absolute Gasteiger partial charge is 0.126 e. The molecule has 1 aliphatic rings. The molecule has 4 heteroatoms. The van der Waals surface area contributed by atoms with Crippen LogP contribution in [0, 0.1) is 17.6 Å². The maximum absolute atomic E-state index is 13.4. The maximum atomic E-state index is 13.4. The topological polar surface area (TPSA) is 23.5 Å². The van der Waals surface area contributed by atoms with Crippen LogP contribution in [0.2, 0.25) is 0 Å². The minimum absolute atomic E-state index is 0.325. The highest BCUT2D eigenvalue weighted by atomic mass is 19.1. The number of aliphatic hydroxyl groups is 1. The van der Waals surface area contributed by atoms with E-state index in [9.17, 15) is 13.9 Å². The van der Waals surface area contributed by atoms with Crippen LogP contribution in [0.1, 0.15) is 44.3 Å². The van der Waals surface area contributed by atoms with E-state index >= 15 is 0 Å². The van der Waals surface area contributed by atoms with Crippen molar-refractivity contribution in [2.45, 2.75) is 44.2 Å². The number of hydrogen-bond acceptors (Lipinski definition) is 2. The van der Waals surface area contributed by atoms with E-state index < -0.39 is 23.3 Å². The summed E-state index contributed by atoms with van der Waals surface area (Å²) in [5.74, 6) is -0.645. The van der Waals surface area contributed by atoms with Gasteiger partial charge in [-0.25, -0.2) is 8.78 Å². The summed E-state index contributed by atoms with van der Waals surface area (Å²) in [6.07, 6.45) is 2.83. The van der Waals surface area contributed by atoms with Gasteiger partial charge in [0.25, 0.3) is 0 Å². The molecule has 1 fully saturated rings. The zero-order valence-electron chi connectivity index (χ0n) is 12.4. The zero-order chi connectivity index (χ0) is 14.9. The van der Waals surface area contributed by atoms with Crippen molar-refractivity contribution in [3.05, 3.63) is 35.4 Å². The Morgan fingerprint density at radius 2 is 1.65 bits per heavy atom. The van der Waals surface area contributed by atoms with Crippen LogP contribution >= 0.6 is 0 Å². The number of hydrogen-bond donors (Lipinski definition) is 1. The molecule has 1 N–H and O–H groups in total. The predicted molar refractivity (Wildman–Crippen MR) is 75.4 cm³/mol. The molecule has 0 bridgehead atoms. The molecule has 2 nitrogen and oxygen atoms in total. The zero-order valence-corrected chi connectivity index (χ0v) is 12.4. The van der Waals surface area contributed by atoms with Gasteiger partial charge in [-0.3, -0.25) is 0 Å². The minimum Gasteiger partial charge on any atom is -0.386 e. The van der Waals surface area contributed by atoms with Crippen molar-refractivity contribution >= 4 is 0 Å². The van der Waals surface area contributed by atoms with Crippen molar-refractivity contribution < 1.29 is 13.9 Å². The molecule has 1 saturated carbocycles. The van der Waals surface area contributed by atoms with Crippen LogP contribution in [0.15, 0.2) is 18.2 Å². The Balaban J connectivity index is 2.34. The number of aliphatic hydroxyl groups excluding tert-OH is 1. The molecule has 0 aliphatic heterocycles. The van der Waals surface area contributed by atoms with Gasteiger partial charge in [-0.05, 0) is 63.4 Å². The summed E-state index contributed by atoms with van der Waals surface area (Å²) in [7, 11) is 3.85. The van der Waals surface area contributed by atoms with Gasteiger partial charge < -0.3 is 10.0 Å². The summed E-state index contributed by atoms with van der Waals surface area (Å²) in [4.78, 5) is 2.01. The first-order chi connectivity index (χ1) is 9.35. The number of rotatable bonds is 3. The molecule has 1 aromatic rings. The lowest BCUT2D eigenvalue weighted by atomic mass is 9.71. The molecule has 2 rings (SSSR count). The first-order valence-corrected chi connectivity index (χ1v) is 7.16. The van der Waals surface area contributed by atoms with Gasteiger partial charge in [-0.2, -0.15) is 0 Å². The highest BCUT2D eigenvalue weighted by molar-refractivity contribution is 5.24. The van der Waals surface area contributed by atoms with E-state index in [2.05, 4.69) is 6.92 Å². The second kappa shape index (κ2) is 5.78. The standard InChI is InChI=1S/C16H23F2NO/c1-11-4-6-16(7-5-11,19(2)3)15(20)12-8-13(17)10-14(18)9-12/h8-11,15,20H,4-7H2,1-3H3. The molecule has 20 heavy (non-hydrogen) atoms. The third-order valence-electron chi connectivity index (χ3n) is 4.74. The molecule has 1 aromatic carbocycles. The van der Waals surface area contributed by atoms with Crippen molar-refractivity contribution in [3.8, 4) is 0 Å². The number of likely N-dealkylation sites (N-methyl/N-ethyl adjacent to an activating group) is 1. The molecular formula is C16H23F2NO. The lowest BCUT2D eigenvalue weighted by Gasteiger charge is -2.47. The molecule has 0 aromatic heterocycles. The summed E-state index contributed by atoms with van der Waals surface area (Å²) in [6.45, 7) is 2.20. The fourth-order valence-electron chi connectivity index (χ4n) is 3.27. The van der Waals surface area contributed by atoms with Gasteiger partial charge in [0.15, 0.2) is 0 Å². The summed E-state index contributed by atoms with van der Waals surface area (Å²) in [5.41, 5.74) is -0.113. The van der Waals surface area contributed by atoms with Gasteiger partial charge in [0.1, 0.15) is 11.6 Å². The second-order valence-electron chi connectivity index (χ2n) is 6.29. The molecule has 0 spiro atoms. The van der Waals surface area contributed by atoms with Crippen LogP contribution in [0.25, 0.3) is 0 Å². The Bertz CT molecular complexity index is 447. The largest absolute Gasteiger partial charge is 0.386 e. The number of nitrogens with zero attached hydrogens (tertiary/aromatic N) is 1. The van der Waals surface area contributed by atoms with Crippen molar-refractivity contribution in [1.82, 2.24) is 4.90 Å². The minimum atomic E-state index is -0.879. The highest BCUT2D eigenvalue weighted by Gasteiger charge is 2.43. The van der Waals surface area contributed by atoms with Crippen LogP contribution < -0.4 is 0 Å². The van der Waals surface area contributed by atoms with Gasteiger partial charge >= 0.3 is 0 Å². The Morgan fingerprint density at radius 1 is 1.15 bits per heavy atom. The molecule has 0 amide bonds. The normalized spacial score (nSPS) is 28.6. The summed E-state index contributed by atoms with van der Waals surface area (Å²) in [6, 6.07) is 3.30. The fraction of sp³-hybridized carbons (Fsp3) is 0.625. The van der Waals surface area contributed by atoms with E-state index in [4.69, 9.17) is 0 Å². The molecule has 1 unspecified atom stereocenters. The van der Waals surface area contributed by atoms with Crippen molar-refractivity contribution in [2.24, 2.45) is 5.92 Å².